The highest BCUT2D eigenvalue weighted by Gasteiger charge is 2.20. The standard InChI is InChI=1S/C26H22O2/c1-27-23-17-9-15-21(19-11-5-3-6-12-19)25(23)26-22(16-10-18-24(26)28-2)20-13-7-4-8-14-20/h3-18H,1-2H3. The monoisotopic (exact) mass is 366 g/mol. The van der Waals surface area contributed by atoms with Gasteiger partial charge in [0.15, 0.2) is 0 Å². The molecule has 138 valence electrons. The molecule has 0 aliphatic carbocycles. The maximum absolute atomic E-state index is 5.80. The molecule has 0 aliphatic heterocycles. The number of hydrogen-bond acceptors (Lipinski definition) is 2. The van der Waals surface area contributed by atoms with Crippen LogP contribution in [0.15, 0.2) is 97.1 Å². The Labute approximate surface area is 166 Å². The molecular formula is C26H22O2. The third-order valence-electron chi connectivity index (χ3n) is 4.91. The van der Waals surface area contributed by atoms with Crippen LogP contribution in [0.3, 0.4) is 0 Å². The van der Waals surface area contributed by atoms with E-state index in [1.165, 1.54) is 0 Å². The van der Waals surface area contributed by atoms with E-state index in [4.69, 9.17) is 9.47 Å². The van der Waals surface area contributed by atoms with Crippen LogP contribution in [0.1, 0.15) is 0 Å². The number of methoxy groups -OCH3 is 2. The summed E-state index contributed by atoms with van der Waals surface area (Å²) in [6, 6.07) is 33.1. The Morgan fingerprint density at radius 3 is 1.18 bits per heavy atom. The molecule has 4 aromatic carbocycles. The highest BCUT2D eigenvalue weighted by molar-refractivity contribution is 5.97. The smallest absolute Gasteiger partial charge is 0.127 e. The minimum atomic E-state index is 0.822. The van der Waals surface area contributed by atoms with E-state index in [1.54, 1.807) is 14.2 Å². The van der Waals surface area contributed by atoms with E-state index >= 15 is 0 Å². The van der Waals surface area contributed by atoms with Crippen molar-refractivity contribution in [2.75, 3.05) is 14.2 Å². The molecule has 0 aliphatic rings. The number of benzene rings is 4. The predicted octanol–water partition coefficient (Wildman–Crippen LogP) is 6.70. The summed E-state index contributed by atoms with van der Waals surface area (Å²) < 4.78 is 11.6. The molecule has 0 saturated heterocycles. The van der Waals surface area contributed by atoms with Gasteiger partial charge in [0.05, 0.1) is 14.2 Å². The average molecular weight is 366 g/mol. The summed E-state index contributed by atoms with van der Waals surface area (Å²) >= 11 is 0. The lowest BCUT2D eigenvalue weighted by Gasteiger charge is -2.20. The maximum Gasteiger partial charge on any atom is 0.127 e. The predicted molar refractivity (Wildman–Crippen MR) is 116 cm³/mol. The van der Waals surface area contributed by atoms with Gasteiger partial charge in [-0.2, -0.15) is 0 Å². The molecule has 0 bridgehead atoms. The molecule has 0 fully saturated rings. The summed E-state index contributed by atoms with van der Waals surface area (Å²) in [4.78, 5) is 0. The van der Waals surface area contributed by atoms with Crippen LogP contribution in [-0.2, 0) is 0 Å². The fraction of sp³-hybridized carbons (Fsp3) is 0.0769. The van der Waals surface area contributed by atoms with E-state index in [0.29, 0.717) is 0 Å². The zero-order chi connectivity index (χ0) is 19.3. The molecule has 0 atom stereocenters. The van der Waals surface area contributed by atoms with E-state index in [9.17, 15) is 0 Å². The summed E-state index contributed by atoms with van der Waals surface area (Å²) in [5.41, 5.74) is 6.57. The summed E-state index contributed by atoms with van der Waals surface area (Å²) in [5.74, 6) is 1.64. The lowest BCUT2D eigenvalue weighted by Crippen LogP contribution is -1.97. The van der Waals surface area contributed by atoms with E-state index in [-0.39, 0.29) is 0 Å². The van der Waals surface area contributed by atoms with Crippen molar-refractivity contribution < 1.29 is 9.47 Å². The van der Waals surface area contributed by atoms with Gasteiger partial charge in [-0.1, -0.05) is 84.9 Å². The molecule has 0 spiro atoms. The van der Waals surface area contributed by atoms with Crippen LogP contribution in [0, 0.1) is 0 Å². The summed E-state index contributed by atoms with van der Waals surface area (Å²) in [7, 11) is 3.43. The topological polar surface area (TPSA) is 18.5 Å². The molecule has 0 radical (unpaired) electrons. The van der Waals surface area contributed by atoms with Crippen molar-refractivity contribution in [2.45, 2.75) is 0 Å². The van der Waals surface area contributed by atoms with Gasteiger partial charge in [-0.05, 0) is 34.4 Å². The summed E-state index contributed by atoms with van der Waals surface area (Å²) in [6.07, 6.45) is 0. The van der Waals surface area contributed by atoms with Crippen molar-refractivity contribution in [1.29, 1.82) is 0 Å². The lowest BCUT2D eigenvalue weighted by atomic mass is 9.88. The van der Waals surface area contributed by atoms with Gasteiger partial charge in [0, 0.05) is 11.1 Å². The van der Waals surface area contributed by atoms with Gasteiger partial charge in [0.25, 0.3) is 0 Å². The second kappa shape index (κ2) is 8.01. The fourth-order valence-electron chi connectivity index (χ4n) is 3.63. The Morgan fingerprint density at radius 2 is 0.821 bits per heavy atom. The Bertz CT molecular complexity index is 981. The van der Waals surface area contributed by atoms with E-state index in [1.807, 2.05) is 36.4 Å². The van der Waals surface area contributed by atoms with Crippen LogP contribution in [-0.4, -0.2) is 14.2 Å². The lowest BCUT2D eigenvalue weighted by molar-refractivity contribution is 0.410. The third kappa shape index (κ3) is 3.25. The SMILES string of the molecule is COc1cccc(-c2ccccc2)c1-c1c(OC)cccc1-c1ccccc1. The first kappa shape index (κ1) is 17.9. The molecule has 0 amide bonds. The normalized spacial score (nSPS) is 10.5. The van der Waals surface area contributed by atoms with Crippen LogP contribution in [0.25, 0.3) is 33.4 Å². The quantitative estimate of drug-likeness (QED) is 0.391. The largest absolute Gasteiger partial charge is 0.496 e. The van der Waals surface area contributed by atoms with E-state index < -0.39 is 0 Å². The minimum Gasteiger partial charge on any atom is -0.496 e. The van der Waals surface area contributed by atoms with Crippen LogP contribution >= 0.6 is 0 Å². The molecule has 0 unspecified atom stereocenters. The molecule has 0 heterocycles. The van der Waals surface area contributed by atoms with Gasteiger partial charge in [0.2, 0.25) is 0 Å². The second-order valence-corrected chi connectivity index (χ2v) is 6.50. The summed E-state index contributed by atoms with van der Waals surface area (Å²) in [6.45, 7) is 0. The zero-order valence-electron chi connectivity index (χ0n) is 16.1. The minimum absolute atomic E-state index is 0.822. The van der Waals surface area contributed by atoms with Crippen molar-refractivity contribution >= 4 is 0 Å². The maximum atomic E-state index is 5.80. The number of ether oxygens (including phenoxy) is 2. The third-order valence-corrected chi connectivity index (χ3v) is 4.91. The van der Waals surface area contributed by atoms with Crippen LogP contribution in [0.5, 0.6) is 11.5 Å². The average Bonchev–Trinajstić information content (AvgIpc) is 2.79. The first-order chi connectivity index (χ1) is 13.8. The fourth-order valence-corrected chi connectivity index (χ4v) is 3.63. The molecule has 28 heavy (non-hydrogen) atoms. The first-order valence-electron chi connectivity index (χ1n) is 9.28. The van der Waals surface area contributed by atoms with Gasteiger partial charge in [-0.25, -0.2) is 0 Å². The highest BCUT2D eigenvalue weighted by atomic mass is 16.5. The Kier molecular flexibility index (Phi) is 5.11. The van der Waals surface area contributed by atoms with Gasteiger partial charge in [-0.15, -0.1) is 0 Å². The van der Waals surface area contributed by atoms with Crippen molar-refractivity contribution in [3.8, 4) is 44.9 Å². The Balaban J connectivity index is 2.08. The van der Waals surface area contributed by atoms with Crippen molar-refractivity contribution in [2.24, 2.45) is 0 Å². The van der Waals surface area contributed by atoms with Gasteiger partial charge < -0.3 is 9.47 Å². The highest BCUT2D eigenvalue weighted by Crippen LogP contribution is 2.47. The van der Waals surface area contributed by atoms with Gasteiger partial charge in [0.1, 0.15) is 11.5 Å². The Morgan fingerprint density at radius 1 is 0.429 bits per heavy atom. The van der Waals surface area contributed by atoms with Crippen LogP contribution < -0.4 is 9.47 Å². The Hall–Kier alpha value is -3.52. The first-order valence-corrected chi connectivity index (χ1v) is 9.28. The van der Waals surface area contributed by atoms with Crippen LogP contribution in [0.4, 0.5) is 0 Å². The zero-order valence-corrected chi connectivity index (χ0v) is 16.1. The molecule has 0 saturated carbocycles. The number of hydrogen-bond donors (Lipinski definition) is 0. The molecule has 0 N–H and O–H groups in total. The second-order valence-electron chi connectivity index (χ2n) is 6.50. The van der Waals surface area contributed by atoms with Crippen molar-refractivity contribution in [3.63, 3.8) is 0 Å². The molecule has 0 aromatic heterocycles. The van der Waals surface area contributed by atoms with Crippen LogP contribution in [0.2, 0.25) is 0 Å². The van der Waals surface area contributed by atoms with Crippen molar-refractivity contribution in [3.05, 3.63) is 97.1 Å². The van der Waals surface area contributed by atoms with E-state index in [2.05, 4.69) is 60.7 Å². The van der Waals surface area contributed by atoms with E-state index in [0.717, 1.165) is 44.9 Å². The molecule has 2 heteroatoms. The molecule has 2 nitrogen and oxygen atoms in total. The molecule has 4 rings (SSSR count). The molecule has 4 aromatic rings. The van der Waals surface area contributed by atoms with Crippen molar-refractivity contribution in [1.82, 2.24) is 0 Å². The van der Waals surface area contributed by atoms with Gasteiger partial charge in [-0.3, -0.25) is 0 Å². The van der Waals surface area contributed by atoms with Gasteiger partial charge >= 0.3 is 0 Å². The molecular weight excluding hydrogens is 344 g/mol. The summed E-state index contributed by atoms with van der Waals surface area (Å²) in [5, 5.41) is 0. The number of rotatable bonds is 5.